The summed E-state index contributed by atoms with van der Waals surface area (Å²) in [6.45, 7) is 1.39. The van der Waals surface area contributed by atoms with Crippen LogP contribution in [0.2, 0.25) is 5.02 Å². The number of non-ortho nitro benzene ring substituents is 1. The first-order valence-corrected chi connectivity index (χ1v) is 10.1. The van der Waals surface area contributed by atoms with Gasteiger partial charge >= 0.3 is 0 Å². The number of aryl methyl sites for hydroxylation is 1. The Hall–Kier alpha value is -4.27. The second-order valence-corrected chi connectivity index (χ2v) is 7.45. The van der Waals surface area contributed by atoms with Gasteiger partial charge in [-0.25, -0.2) is 5.43 Å². The van der Waals surface area contributed by atoms with Crippen molar-refractivity contribution in [2.24, 2.45) is 5.10 Å². The van der Waals surface area contributed by atoms with Gasteiger partial charge in [-0.05, 0) is 31.2 Å². The number of ether oxygens (including phenoxy) is 1. The lowest BCUT2D eigenvalue weighted by Gasteiger charge is -2.12. The van der Waals surface area contributed by atoms with Crippen molar-refractivity contribution in [1.82, 2.24) is 9.99 Å². The van der Waals surface area contributed by atoms with Crippen molar-refractivity contribution in [3.63, 3.8) is 0 Å². The highest BCUT2D eigenvalue weighted by molar-refractivity contribution is 6.33. The molecule has 1 N–H and O–H groups in total. The van der Waals surface area contributed by atoms with Crippen LogP contribution in [0, 0.1) is 28.4 Å². The van der Waals surface area contributed by atoms with Gasteiger partial charge in [0.15, 0.2) is 0 Å². The van der Waals surface area contributed by atoms with Gasteiger partial charge in [-0.2, -0.15) is 10.4 Å². The van der Waals surface area contributed by atoms with E-state index >= 15 is 0 Å². The first kappa shape index (κ1) is 24.4. The lowest BCUT2D eigenvalue weighted by molar-refractivity contribution is -0.384. The van der Waals surface area contributed by atoms with Crippen molar-refractivity contribution in [2.45, 2.75) is 20.1 Å². The highest BCUT2D eigenvalue weighted by Crippen LogP contribution is 2.32. The zero-order valence-electron chi connectivity index (χ0n) is 18.1. The van der Waals surface area contributed by atoms with Crippen molar-refractivity contribution in [1.29, 1.82) is 5.26 Å². The number of nitrogens with one attached hydrogen (secondary N) is 1. The molecule has 174 valence electrons. The summed E-state index contributed by atoms with van der Waals surface area (Å²) < 4.78 is 11.7. The molecule has 3 rings (SSSR count). The Labute approximate surface area is 198 Å². The molecule has 0 bridgehead atoms. The van der Waals surface area contributed by atoms with Crippen LogP contribution in [-0.2, 0) is 22.7 Å². The predicted molar refractivity (Wildman–Crippen MR) is 122 cm³/mol. The zero-order valence-corrected chi connectivity index (χ0v) is 18.8. The molecular weight excluding hydrogens is 466 g/mol. The average molecular weight is 484 g/mol. The number of amides is 1. The first-order valence-electron chi connectivity index (χ1n) is 9.73. The molecule has 3 aromatic rings. The van der Waals surface area contributed by atoms with Crippen molar-refractivity contribution in [2.75, 3.05) is 7.11 Å². The van der Waals surface area contributed by atoms with E-state index in [9.17, 15) is 25.0 Å². The van der Waals surface area contributed by atoms with Gasteiger partial charge in [0.1, 0.15) is 29.7 Å². The molecule has 0 radical (unpaired) electrons. The van der Waals surface area contributed by atoms with Crippen LogP contribution in [0.15, 0.2) is 50.7 Å². The summed E-state index contributed by atoms with van der Waals surface area (Å²) in [6, 6.07) is 10.5. The summed E-state index contributed by atoms with van der Waals surface area (Å²) in [6.07, 6.45) is 1.23. The molecule has 0 spiro atoms. The Morgan fingerprint density at radius 3 is 2.82 bits per heavy atom. The molecule has 34 heavy (non-hydrogen) atoms. The second kappa shape index (κ2) is 10.6. The number of rotatable bonds is 8. The maximum atomic E-state index is 12.6. The minimum atomic E-state index is -0.599. The number of furan rings is 1. The molecule has 12 heteroatoms. The van der Waals surface area contributed by atoms with Gasteiger partial charge < -0.3 is 13.7 Å². The smallest absolute Gasteiger partial charge is 0.270 e. The van der Waals surface area contributed by atoms with E-state index in [1.54, 1.807) is 25.1 Å². The number of nitro groups is 1. The van der Waals surface area contributed by atoms with Crippen LogP contribution in [-0.4, -0.2) is 28.7 Å². The molecule has 0 atom stereocenters. The topological polar surface area (TPSA) is 153 Å². The molecule has 2 heterocycles. The third-order valence-corrected chi connectivity index (χ3v) is 5.07. The Balaban J connectivity index is 1.71. The zero-order chi connectivity index (χ0) is 24.8. The number of benzene rings is 1. The molecule has 0 saturated carbocycles. The number of pyridine rings is 1. The Morgan fingerprint density at radius 1 is 1.38 bits per heavy atom. The molecule has 0 aliphatic rings. The fourth-order valence-electron chi connectivity index (χ4n) is 3.15. The van der Waals surface area contributed by atoms with Gasteiger partial charge in [0.25, 0.3) is 17.2 Å². The van der Waals surface area contributed by atoms with Gasteiger partial charge in [0.05, 0.1) is 22.8 Å². The normalized spacial score (nSPS) is 10.9. The van der Waals surface area contributed by atoms with Crippen LogP contribution in [0.1, 0.15) is 22.6 Å². The number of nitro benzene ring substituents is 1. The SMILES string of the molecule is COCc1cc(C)n(CC(=O)N/N=C/c2ccc(-c3cc([N+](=O)[O-])ccc3Cl)o2)c(=O)c1C#N. The standard InChI is InChI=1S/C22H18ClN5O6/c1-13-7-14(12-33-2)18(9-24)22(30)27(13)11-21(29)26-25-10-16-4-6-20(34-16)17-8-15(28(31)32)3-5-19(17)23/h3-8,10H,11-12H2,1-2H3,(H,26,29)/b25-10+. The number of hydrogen-bond donors (Lipinski definition) is 1. The number of nitrogens with zero attached hydrogens (tertiary/aromatic N) is 4. The summed E-state index contributed by atoms with van der Waals surface area (Å²) in [5.41, 5.74) is 2.72. The Bertz CT molecular complexity index is 1390. The molecule has 0 aliphatic heterocycles. The van der Waals surface area contributed by atoms with E-state index < -0.39 is 16.4 Å². The molecule has 2 aromatic heterocycles. The van der Waals surface area contributed by atoms with Crippen LogP contribution < -0.4 is 11.0 Å². The van der Waals surface area contributed by atoms with Gasteiger partial charge in [-0.3, -0.25) is 19.7 Å². The number of carbonyl (C=O) groups is 1. The first-order chi connectivity index (χ1) is 16.2. The van der Waals surface area contributed by atoms with Crippen molar-refractivity contribution >= 4 is 29.4 Å². The minimum Gasteiger partial charge on any atom is -0.455 e. The minimum absolute atomic E-state index is 0.0910. The third kappa shape index (κ3) is 5.37. The number of nitriles is 1. The fourth-order valence-corrected chi connectivity index (χ4v) is 3.36. The maximum Gasteiger partial charge on any atom is 0.270 e. The van der Waals surface area contributed by atoms with E-state index in [1.165, 1.54) is 31.5 Å². The van der Waals surface area contributed by atoms with Crippen molar-refractivity contribution in [3.05, 3.63) is 84.5 Å². The van der Waals surface area contributed by atoms with Gasteiger partial charge in [-0.1, -0.05) is 11.6 Å². The summed E-state index contributed by atoms with van der Waals surface area (Å²) in [5.74, 6) is -0.0657. The molecule has 0 unspecified atom stereocenters. The molecule has 0 aliphatic carbocycles. The molecule has 11 nitrogen and oxygen atoms in total. The lowest BCUT2D eigenvalue weighted by Crippen LogP contribution is -2.33. The summed E-state index contributed by atoms with van der Waals surface area (Å²) in [4.78, 5) is 35.3. The second-order valence-electron chi connectivity index (χ2n) is 7.04. The van der Waals surface area contributed by atoms with Crippen LogP contribution in [0.25, 0.3) is 11.3 Å². The van der Waals surface area contributed by atoms with Gasteiger partial charge in [0, 0.05) is 36.1 Å². The lowest BCUT2D eigenvalue weighted by atomic mass is 10.1. The monoisotopic (exact) mass is 483 g/mol. The summed E-state index contributed by atoms with van der Waals surface area (Å²) in [7, 11) is 1.45. The summed E-state index contributed by atoms with van der Waals surface area (Å²) in [5, 5.41) is 24.4. The van der Waals surface area contributed by atoms with Crippen LogP contribution in [0.3, 0.4) is 0 Å². The van der Waals surface area contributed by atoms with Gasteiger partial charge in [0.2, 0.25) is 0 Å². The van der Waals surface area contributed by atoms with E-state index in [-0.39, 0.29) is 40.9 Å². The van der Waals surface area contributed by atoms with Crippen molar-refractivity contribution in [3.8, 4) is 17.4 Å². The Morgan fingerprint density at radius 2 is 2.15 bits per heavy atom. The number of carbonyl (C=O) groups excluding carboxylic acids is 1. The number of halogens is 1. The fraction of sp³-hybridized carbons (Fsp3) is 0.182. The van der Waals surface area contributed by atoms with Crippen LogP contribution >= 0.6 is 11.6 Å². The number of hydrogen-bond acceptors (Lipinski definition) is 8. The third-order valence-electron chi connectivity index (χ3n) is 4.74. The number of hydrazone groups is 1. The molecule has 1 amide bonds. The van der Waals surface area contributed by atoms with Crippen LogP contribution in [0.4, 0.5) is 5.69 Å². The molecule has 1 aromatic carbocycles. The van der Waals surface area contributed by atoms with Gasteiger partial charge in [-0.15, -0.1) is 0 Å². The van der Waals surface area contributed by atoms with Crippen molar-refractivity contribution < 1.29 is 18.9 Å². The number of aromatic nitrogens is 1. The van der Waals surface area contributed by atoms with E-state index in [0.29, 0.717) is 16.8 Å². The number of methoxy groups -OCH3 is 1. The molecular formula is C22H18ClN5O6. The van der Waals surface area contributed by atoms with E-state index in [1.807, 2.05) is 6.07 Å². The van der Waals surface area contributed by atoms with E-state index in [0.717, 1.165) is 4.57 Å². The predicted octanol–water partition coefficient (Wildman–Crippen LogP) is 3.15. The van der Waals surface area contributed by atoms with Crippen LogP contribution in [0.5, 0.6) is 0 Å². The average Bonchev–Trinajstić information content (AvgIpc) is 3.26. The maximum absolute atomic E-state index is 12.6. The Kier molecular flexibility index (Phi) is 7.57. The highest BCUT2D eigenvalue weighted by atomic mass is 35.5. The van der Waals surface area contributed by atoms with E-state index in [2.05, 4.69) is 10.5 Å². The summed E-state index contributed by atoms with van der Waals surface area (Å²) >= 11 is 6.11. The largest absolute Gasteiger partial charge is 0.455 e. The quantitative estimate of drug-likeness (QED) is 0.293. The molecule has 0 fully saturated rings. The highest BCUT2D eigenvalue weighted by Gasteiger charge is 2.16. The molecule has 0 saturated heterocycles. The van der Waals surface area contributed by atoms with E-state index in [4.69, 9.17) is 20.8 Å².